The number of hydrogen-bond acceptors (Lipinski definition) is 6. The first kappa shape index (κ1) is 22.7. The number of nitrogens with zero attached hydrogens (tertiary/aromatic N) is 2. The molecule has 5 fully saturated rings. The lowest BCUT2D eigenvalue weighted by atomic mass is 9.54. The molecule has 186 valence electrons. The first-order chi connectivity index (χ1) is 17.0. The van der Waals surface area contributed by atoms with E-state index in [1.807, 2.05) is 18.2 Å². The summed E-state index contributed by atoms with van der Waals surface area (Å²) < 4.78 is 1.45. The molecule has 4 aliphatic carbocycles. The predicted octanol–water partition coefficient (Wildman–Crippen LogP) is 2.90. The second-order valence-electron chi connectivity index (χ2n) is 11.2. The zero-order valence-electron chi connectivity index (χ0n) is 20.4. The molecule has 1 aromatic heterocycles. The molecule has 1 aliphatic heterocycles. The molecule has 2 amide bonds. The number of nitrogens with one attached hydrogen (secondary N) is 3. The summed E-state index contributed by atoms with van der Waals surface area (Å²) in [6.07, 6.45) is 8.67. The highest BCUT2D eigenvalue weighted by Gasteiger charge is 2.47. The maximum absolute atomic E-state index is 13.5. The Bertz CT molecular complexity index is 1190. The van der Waals surface area contributed by atoms with Crippen LogP contribution < -0.4 is 21.5 Å². The van der Waals surface area contributed by atoms with Gasteiger partial charge in [0.2, 0.25) is 11.8 Å². The van der Waals surface area contributed by atoms with Gasteiger partial charge < -0.3 is 10.6 Å². The summed E-state index contributed by atoms with van der Waals surface area (Å²) in [6.45, 7) is 3.47. The highest BCUT2D eigenvalue weighted by atomic mass is 16.2. The number of carbonyl (C=O) groups excluding carboxylic acids is 2. The van der Waals surface area contributed by atoms with Gasteiger partial charge in [-0.25, -0.2) is 4.98 Å². The summed E-state index contributed by atoms with van der Waals surface area (Å²) in [7, 11) is 0. The summed E-state index contributed by atoms with van der Waals surface area (Å²) in [6, 6.07) is 5.61. The Morgan fingerprint density at radius 3 is 2.49 bits per heavy atom. The summed E-state index contributed by atoms with van der Waals surface area (Å²) in [4.78, 5) is 42.2. The fourth-order valence-electron chi connectivity index (χ4n) is 7.64. The molecule has 8 nitrogen and oxygen atoms in total. The lowest BCUT2D eigenvalue weighted by Gasteiger charge is -2.54. The van der Waals surface area contributed by atoms with Crippen LogP contribution in [0.4, 0.5) is 5.69 Å². The average molecular weight is 478 g/mol. The van der Waals surface area contributed by atoms with E-state index in [0.29, 0.717) is 29.2 Å². The molecule has 2 aromatic rings. The first-order valence-electron chi connectivity index (χ1n) is 13.3. The van der Waals surface area contributed by atoms with Gasteiger partial charge in [0.1, 0.15) is 11.9 Å². The lowest BCUT2D eigenvalue weighted by Crippen LogP contribution is -2.54. The van der Waals surface area contributed by atoms with Gasteiger partial charge in [-0.3, -0.25) is 24.3 Å². The standard InChI is InChI=1S/C27H35N5O3/c1-15-30-21-5-2-4-20(24(21)27(35)32(15)22-6-7-23(33)31-26(22)34)28-8-3-9-29-25-18-11-16-10-17(13-18)14-19(25)12-16/h2,4-5,16-19,22,25,28-29H,3,6-14H2,1H3,(H,31,33,34)/t16-,17+,18-,19+,22?,25?. The first-order valence-corrected chi connectivity index (χ1v) is 13.3. The molecule has 5 aliphatic rings. The van der Waals surface area contributed by atoms with Crippen molar-refractivity contribution in [2.45, 2.75) is 70.4 Å². The third kappa shape index (κ3) is 4.15. The van der Waals surface area contributed by atoms with Gasteiger partial charge in [-0.05, 0) is 94.2 Å². The van der Waals surface area contributed by atoms with Crippen molar-refractivity contribution in [3.05, 3.63) is 34.4 Å². The van der Waals surface area contributed by atoms with E-state index in [2.05, 4.69) is 20.9 Å². The molecule has 4 saturated carbocycles. The molecule has 3 N–H and O–H groups in total. The van der Waals surface area contributed by atoms with Crippen LogP contribution in [0.15, 0.2) is 23.0 Å². The minimum absolute atomic E-state index is 0.219. The summed E-state index contributed by atoms with van der Waals surface area (Å²) >= 11 is 0. The van der Waals surface area contributed by atoms with E-state index >= 15 is 0 Å². The van der Waals surface area contributed by atoms with Crippen LogP contribution in [0.3, 0.4) is 0 Å². The van der Waals surface area contributed by atoms with E-state index in [4.69, 9.17) is 0 Å². The fourth-order valence-corrected chi connectivity index (χ4v) is 7.64. The van der Waals surface area contributed by atoms with Crippen LogP contribution in [-0.4, -0.2) is 40.5 Å². The van der Waals surface area contributed by atoms with Crippen molar-refractivity contribution in [3.63, 3.8) is 0 Å². The zero-order valence-corrected chi connectivity index (χ0v) is 20.4. The van der Waals surface area contributed by atoms with Crippen LogP contribution >= 0.6 is 0 Å². The maximum atomic E-state index is 13.5. The fraction of sp³-hybridized carbons (Fsp3) is 0.630. The SMILES string of the molecule is Cc1nc2cccc(NCCCNC3[C@H]4C[C@@H]5C[C@@H](C[C@H]3C5)C4)c2c(=O)n1C1CCC(=O)NC1=O. The number of benzene rings is 1. The molecule has 7 rings (SSSR count). The second kappa shape index (κ2) is 9.04. The van der Waals surface area contributed by atoms with Gasteiger partial charge in [0, 0.05) is 24.7 Å². The van der Waals surface area contributed by atoms with Gasteiger partial charge in [-0.1, -0.05) is 6.07 Å². The number of aromatic nitrogens is 2. The van der Waals surface area contributed by atoms with Crippen LogP contribution in [0.25, 0.3) is 10.9 Å². The van der Waals surface area contributed by atoms with E-state index in [9.17, 15) is 14.4 Å². The number of aryl methyl sites for hydroxylation is 1. The Hall–Kier alpha value is -2.74. The average Bonchev–Trinajstić information content (AvgIpc) is 2.81. The Balaban J connectivity index is 1.13. The molecule has 8 heteroatoms. The van der Waals surface area contributed by atoms with Crippen LogP contribution in [0.1, 0.15) is 63.2 Å². The summed E-state index contributed by atoms with van der Waals surface area (Å²) in [5, 5.41) is 10.2. The van der Waals surface area contributed by atoms with Crippen LogP contribution in [0.5, 0.6) is 0 Å². The topological polar surface area (TPSA) is 105 Å². The van der Waals surface area contributed by atoms with Crippen molar-refractivity contribution in [2.75, 3.05) is 18.4 Å². The normalized spacial score (nSPS) is 31.7. The molecule has 1 saturated heterocycles. The van der Waals surface area contributed by atoms with Crippen LogP contribution in [0.2, 0.25) is 0 Å². The third-order valence-electron chi connectivity index (χ3n) is 8.90. The summed E-state index contributed by atoms with van der Waals surface area (Å²) in [5.74, 6) is 3.48. The smallest absolute Gasteiger partial charge is 0.264 e. The third-order valence-corrected chi connectivity index (χ3v) is 8.90. The van der Waals surface area contributed by atoms with Crippen molar-refractivity contribution in [1.29, 1.82) is 0 Å². The number of fused-ring (bicyclic) bond motifs is 1. The highest BCUT2D eigenvalue weighted by molar-refractivity contribution is 5.99. The molecule has 4 bridgehead atoms. The van der Waals surface area contributed by atoms with Gasteiger partial charge >= 0.3 is 0 Å². The van der Waals surface area contributed by atoms with Crippen molar-refractivity contribution >= 4 is 28.4 Å². The van der Waals surface area contributed by atoms with E-state index in [0.717, 1.165) is 48.9 Å². The van der Waals surface area contributed by atoms with E-state index in [-0.39, 0.29) is 17.9 Å². The van der Waals surface area contributed by atoms with Crippen LogP contribution in [-0.2, 0) is 9.59 Å². The Labute approximate surface area is 205 Å². The van der Waals surface area contributed by atoms with Gasteiger partial charge in [0.15, 0.2) is 0 Å². The zero-order chi connectivity index (χ0) is 24.1. The van der Waals surface area contributed by atoms with E-state index in [1.54, 1.807) is 6.92 Å². The quantitative estimate of drug-likeness (QED) is 0.418. The molecular formula is C27H35N5O3. The van der Waals surface area contributed by atoms with E-state index < -0.39 is 11.9 Å². The minimum Gasteiger partial charge on any atom is -0.384 e. The monoisotopic (exact) mass is 477 g/mol. The molecule has 35 heavy (non-hydrogen) atoms. The molecule has 1 atom stereocenters. The maximum Gasteiger partial charge on any atom is 0.264 e. The second-order valence-corrected chi connectivity index (χ2v) is 11.2. The Kier molecular flexibility index (Phi) is 5.87. The van der Waals surface area contributed by atoms with Crippen molar-refractivity contribution in [2.24, 2.45) is 23.7 Å². The highest BCUT2D eigenvalue weighted by Crippen LogP contribution is 2.53. The number of anilines is 1. The van der Waals surface area contributed by atoms with Gasteiger partial charge in [-0.15, -0.1) is 0 Å². The number of amides is 2. The molecule has 1 unspecified atom stereocenters. The number of carbonyl (C=O) groups is 2. The molecular weight excluding hydrogens is 442 g/mol. The molecule has 0 radical (unpaired) electrons. The van der Waals surface area contributed by atoms with Crippen LogP contribution in [0, 0.1) is 30.6 Å². The minimum atomic E-state index is -0.713. The molecule has 2 heterocycles. The molecule has 0 spiro atoms. The molecule has 1 aromatic carbocycles. The predicted molar refractivity (Wildman–Crippen MR) is 134 cm³/mol. The number of rotatable bonds is 7. The Morgan fingerprint density at radius 1 is 1.03 bits per heavy atom. The largest absolute Gasteiger partial charge is 0.384 e. The number of piperidine rings is 1. The number of imide groups is 1. The van der Waals surface area contributed by atoms with Crippen molar-refractivity contribution in [3.8, 4) is 0 Å². The Morgan fingerprint density at radius 2 is 1.77 bits per heavy atom. The van der Waals surface area contributed by atoms with Gasteiger partial charge in [0.05, 0.1) is 10.9 Å². The summed E-state index contributed by atoms with van der Waals surface area (Å²) in [5.41, 5.74) is 1.13. The van der Waals surface area contributed by atoms with Gasteiger partial charge in [0.25, 0.3) is 5.56 Å². The lowest BCUT2D eigenvalue weighted by molar-refractivity contribution is -0.135. The van der Waals surface area contributed by atoms with E-state index in [1.165, 1.54) is 36.7 Å². The van der Waals surface area contributed by atoms with Crippen molar-refractivity contribution in [1.82, 2.24) is 20.2 Å². The van der Waals surface area contributed by atoms with Gasteiger partial charge in [-0.2, -0.15) is 0 Å². The number of hydrogen-bond donors (Lipinski definition) is 3. The van der Waals surface area contributed by atoms with Crippen molar-refractivity contribution < 1.29 is 9.59 Å².